The Labute approximate surface area is 147 Å². The zero-order chi connectivity index (χ0) is 17.7. The highest BCUT2D eigenvalue weighted by Crippen LogP contribution is 2.17. The summed E-state index contributed by atoms with van der Waals surface area (Å²) in [7, 11) is -3.46. The van der Waals surface area contributed by atoms with Gasteiger partial charge in [-0.1, -0.05) is 41.4 Å². The number of carbonyl (C=O) groups is 1. The summed E-state index contributed by atoms with van der Waals surface area (Å²) >= 11 is 5.84. The van der Waals surface area contributed by atoms with E-state index in [9.17, 15) is 13.2 Å². The van der Waals surface area contributed by atoms with Crippen LogP contribution in [0.1, 0.15) is 30.5 Å². The van der Waals surface area contributed by atoms with E-state index in [1.54, 1.807) is 36.4 Å². The topological polar surface area (TPSA) is 63.2 Å². The summed E-state index contributed by atoms with van der Waals surface area (Å²) in [6.45, 7) is 3.73. The molecule has 2 rings (SSSR count). The maximum atomic E-state index is 12.2. The van der Waals surface area contributed by atoms with Gasteiger partial charge in [-0.2, -0.15) is 0 Å². The lowest BCUT2D eigenvalue weighted by atomic mass is 10.1. The Morgan fingerprint density at radius 3 is 2.25 bits per heavy atom. The number of rotatable bonds is 6. The molecule has 1 N–H and O–H groups in total. The summed E-state index contributed by atoms with van der Waals surface area (Å²) in [4.78, 5) is 12.3. The highest BCUT2D eigenvalue weighted by molar-refractivity contribution is 7.91. The lowest BCUT2D eigenvalue weighted by Gasteiger charge is -2.14. The van der Waals surface area contributed by atoms with Gasteiger partial charge in [0.25, 0.3) is 0 Å². The van der Waals surface area contributed by atoms with Crippen molar-refractivity contribution in [3.63, 3.8) is 0 Å². The van der Waals surface area contributed by atoms with E-state index in [0.29, 0.717) is 5.02 Å². The molecule has 0 fully saturated rings. The van der Waals surface area contributed by atoms with Gasteiger partial charge < -0.3 is 5.32 Å². The number of carbonyl (C=O) groups excluding carboxylic acids is 1. The van der Waals surface area contributed by atoms with Gasteiger partial charge in [0, 0.05) is 11.4 Å². The first-order chi connectivity index (χ1) is 11.3. The molecule has 0 aromatic heterocycles. The molecule has 0 bridgehead atoms. The Balaban J connectivity index is 1.92. The van der Waals surface area contributed by atoms with Crippen molar-refractivity contribution in [3.05, 3.63) is 64.7 Å². The van der Waals surface area contributed by atoms with E-state index in [0.717, 1.165) is 11.1 Å². The molecule has 128 valence electrons. The molecule has 1 unspecified atom stereocenters. The third-order valence-electron chi connectivity index (χ3n) is 3.73. The van der Waals surface area contributed by atoms with Crippen molar-refractivity contribution in [2.75, 3.05) is 5.75 Å². The molecule has 24 heavy (non-hydrogen) atoms. The van der Waals surface area contributed by atoms with Crippen molar-refractivity contribution in [1.82, 2.24) is 5.32 Å². The van der Waals surface area contributed by atoms with Gasteiger partial charge in [0.1, 0.15) is 0 Å². The highest BCUT2D eigenvalue weighted by Gasteiger charge is 2.17. The van der Waals surface area contributed by atoms with Crippen LogP contribution in [0.4, 0.5) is 0 Å². The van der Waals surface area contributed by atoms with Crippen LogP contribution in [0.15, 0.2) is 53.4 Å². The van der Waals surface area contributed by atoms with Crippen LogP contribution in [0, 0.1) is 6.92 Å². The first-order valence-electron chi connectivity index (χ1n) is 7.62. The second kappa shape index (κ2) is 7.81. The van der Waals surface area contributed by atoms with Gasteiger partial charge in [0.15, 0.2) is 9.84 Å². The molecule has 0 aliphatic heterocycles. The van der Waals surface area contributed by atoms with Crippen LogP contribution in [-0.4, -0.2) is 20.1 Å². The van der Waals surface area contributed by atoms with Crippen molar-refractivity contribution in [3.8, 4) is 0 Å². The maximum absolute atomic E-state index is 12.2. The Morgan fingerprint density at radius 1 is 1.08 bits per heavy atom. The molecule has 6 heteroatoms. The van der Waals surface area contributed by atoms with E-state index >= 15 is 0 Å². The average molecular weight is 366 g/mol. The Bertz CT molecular complexity index is 799. The predicted molar refractivity (Wildman–Crippen MR) is 95.9 cm³/mol. The number of benzene rings is 2. The SMILES string of the molecule is Cc1ccc(S(=O)(=O)CCC(=O)NC(C)c2ccc(Cl)cc2)cc1. The normalized spacial score (nSPS) is 12.6. The van der Waals surface area contributed by atoms with Gasteiger partial charge in [-0.3, -0.25) is 4.79 Å². The van der Waals surface area contributed by atoms with E-state index in [1.165, 1.54) is 0 Å². The molecule has 0 spiro atoms. The summed E-state index contributed by atoms with van der Waals surface area (Å²) in [5.41, 5.74) is 1.90. The second-order valence-electron chi connectivity index (χ2n) is 5.72. The summed E-state index contributed by atoms with van der Waals surface area (Å²) in [6.07, 6.45) is -0.0753. The average Bonchev–Trinajstić information content (AvgIpc) is 2.54. The first-order valence-corrected chi connectivity index (χ1v) is 9.65. The summed E-state index contributed by atoms with van der Waals surface area (Å²) in [5, 5.41) is 3.43. The zero-order valence-corrected chi connectivity index (χ0v) is 15.2. The van der Waals surface area contributed by atoms with E-state index in [1.807, 2.05) is 26.0 Å². The summed E-state index contributed by atoms with van der Waals surface area (Å²) in [6, 6.07) is 13.6. The number of nitrogens with one attached hydrogen (secondary N) is 1. The monoisotopic (exact) mass is 365 g/mol. The molecule has 2 aromatic rings. The van der Waals surface area contributed by atoms with E-state index in [2.05, 4.69) is 5.32 Å². The fourth-order valence-electron chi connectivity index (χ4n) is 2.24. The third-order valence-corrected chi connectivity index (χ3v) is 5.71. The fourth-order valence-corrected chi connectivity index (χ4v) is 3.61. The Kier molecular flexibility index (Phi) is 6.02. The molecule has 1 atom stereocenters. The predicted octanol–water partition coefficient (Wildman–Crippen LogP) is 3.69. The summed E-state index contributed by atoms with van der Waals surface area (Å²) in [5.74, 6) is -0.511. The minimum absolute atomic E-state index is 0.0753. The Hall–Kier alpha value is -1.85. The number of hydrogen-bond donors (Lipinski definition) is 1. The molecule has 0 saturated heterocycles. The van der Waals surface area contributed by atoms with Crippen molar-refractivity contribution in [2.45, 2.75) is 31.2 Å². The molecule has 0 aliphatic rings. The second-order valence-corrected chi connectivity index (χ2v) is 8.27. The minimum atomic E-state index is -3.46. The van der Waals surface area contributed by atoms with Crippen molar-refractivity contribution in [1.29, 1.82) is 0 Å². The van der Waals surface area contributed by atoms with Crippen LogP contribution in [0.3, 0.4) is 0 Å². The molecule has 0 aliphatic carbocycles. The van der Waals surface area contributed by atoms with E-state index in [4.69, 9.17) is 11.6 Å². The van der Waals surface area contributed by atoms with Gasteiger partial charge in [-0.25, -0.2) is 8.42 Å². The van der Waals surface area contributed by atoms with Crippen LogP contribution >= 0.6 is 11.6 Å². The van der Waals surface area contributed by atoms with Gasteiger partial charge in [0.05, 0.1) is 16.7 Å². The van der Waals surface area contributed by atoms with Gasteiger partial charge in [-0.05, 0) is 43.7 Å². The number of hydrogen-bond acceptors (Lipinski definition) is 3. The minimum Gasteiger partial charge on any atom is -0.350 e. The van der Waals surface area contributed by atoms with Crippen LogP contribution in [-0.2, 0) is 14.6 Å². The molecule has 0 saturated carbocycles. The van der Waals surface area contributed by atoms with Crippen LogP contribution < -0.4 is 5.32 Å². The molecule has 2 aromatic carbocycles. The van der Waals surface area contributed by atoms with Crippen molar-refractivity contribution < 1.29 is 13.2 Å². The first kappa shape index (κ1) is 18.5. The lowest BCUT2D eigenvalue weighted by Crippen LogP contribution is -2.28. The smallest absolute Gasteiger partial charge is 0.221 e. The number of halogens is 1. The van der Waals surface area contributed by atoms with Crippen LogP contribution in [0.5, 0.6) is 0 Å². The number of amides is 1. The standard InChI is InChI=1S/C18H20ClNO3S/c1-13-3-9-17(10-4-13)24(22,23)12-11-18(21)20-14(2)15-5-7-16(19)8-6-15/h3-10,14H,11-12H2,1-2H3,(H,20,21). The Morgan fingerprint density at radius 2 is 1.67 bits per heavy atom. The lowest BCUT2D eigenvalue weighted by molar-refractivity contribution is -0.121. The van der Waals surface area contributed by atoms with E-state index in [-0.39, 0.29) is 29.0 Å². The zero-order valence-electron chi connectivity index (χ0n) is 13.6. The van der Waals surface area contributed by atoms with Crippen molar-refractivity contribution in [2.24, 2.45) is 0 Å². The fraction of sp³-hybridized carbons (Fsp3) is 0.278. The number of sulfone groups is 1. The quantitative estimate of drug-likeness (QED) is 0.849. The van der Waals surface area contributed by atoms with Crippen LogP contribution in [0.25, 0.3) is 0 Å². The maximum Gasteiger partial charge on any atom is 0.221 e. The van der Waals surface area contributed by atoms with Gasteiger partial charge >= 0.3 is 0 Å². The molecular weight excluding hydrogens is 346 g/mol. The summed E-state index contributed by atoms with van der Waals surface area (Å²) < 4.78 is 24.5. The van der Waals surface area contributed by atoms with Crippen molar-refractivity contribution >= 4 is 27.3 Å². The molecule has 1 amide bonds. The molecule has 0 heterocycles. The molecule has 4 nitrogen and oxygen atoms in total. The number of aryl methyl sites for hydroxylation is 1. The molecule has 0 radical (unpaired) electrons. The molecular formula is C18H20ClNO3S. The highest BCUT2D eigenvalue weighted by atomic mass is 35.5. The van der Waals surface area contributed by atoms with E-state index < -0.39 is 9.84 Å². The van der Waals surface area contributed by atoms with Gasteiger partial charge in [0.2, 0.25) is 5.91 Å². The van der Waals surface area contributed by atoms with Crippen LogP contribution in [0.2, 0.25) is 5.02 Å². The van der Waals surface area contributed by atoms with Gasteiger partial charge in [-0.15, -0.1) is 0 Å². The largest absolute Gasteiger partial charge is 0.350 e. The third kappa shape index (κ3) is 5.08.